The first kappa shape index (κ1) is 24.7. The summed E-state index contributed by atoms with van der Waals surface area (Å²) in [6.07, 6.45) is 0.199. The molecule has 0 radical (unpaired) electrons. The van der Waals surface area contributed by atoms with E-state index in [4.69, 9.17) is 9.47 Å². The molecule has 35 heavy (non-hydrogen) atoms. The Morgan fingerprint density at radius 1 is 1.00 bits per heavy atom. The third-order valence-electron chi connectivity index (χ3n) is 6.40. The lowest BCUT2D eigenvalue weighted by Crippen LogP contribution is -2.58. The van der Waals surface area contributed by atoms with Crippen molar-refractivity contribution in [3.63, 3.8) is 0 Å². The minimum Gasteiger partial charge on any atom is -0.479 e. The molecule has 0 saturated carbocycles. The summed E-state index contributed by atoms with van der Waals surface area (Å²) in [5.41, 5.74) is 3.35. The largest absolute Gasteiger partial charge is 0.479 e. The number of carboxylic acid groups (broad SMARTS) is 1. The van der Waals surface area contributed by atoms with Gasteiger partial charge in [-0.15, -0.1) is 0 Å². The predicted molar refractivity (Wildman–Crippen MR) is 130 cm³/mol. The van der Waals surface area contributed by atoms with Crippen LogP contribution in [0.25, 0.3) is 11.1 Å². The molecule has 2 N–H and O–H groups in total. The smallest absolute Gasteiger partial charge is 0.411 e. The van der Waals surface area contributed by atoms with E-state index >= 15 is 0 Å². The lowest BCUT2D eigenvalue weighted by Gasteiger charge is -2.38. The van der Waals surface area contributed by atoms with Crippen molar-refractivity contribution in [2.75, 3.05) is 19.7 Å². The summed E-state index contributed by atoms with van der Waals surface area (Å²) in [6, 6.07) is 13.6. The second-order valence-electron chi connectivity index (χ2n) is 9.97. The van der Waals surface area contributed by atoms with E-state index in [-0.39, 0.29) is 12.5 Å². The average molecular weight is 481 g/mol. The maximum atomic E-state index is 13.3. The maximum absolute atomic E-state index is 13.3. The molecule has 8 heteroatoms. The SMILES string of the molecule is CC(C)(C)OC(=O)N(C1CCNCC1)[C@H](C(=O)O)C(=O)OCC1c2ccccc2-c2ccccc21. The van der Waals surface area contributed by atoms with Crippen molar-refractivity contribution in [2.24, 2.45) is 0 Å². The Morgan fingerprint density at radius 2 is 1.54 bits per heavy atom. The average Bonchev–Trinajstić information content (AvgIpc) is 3.14. The number of hydrogen-bond donors (Lipinski definition) is 2. The number of piperidine rings is 1. The molecule has 2 aromatic carbocycles. The molecule has 0 aromatic heterocycles. The normalized spacial score (nSPS) is 16.7. The third kappa shape index (κ3) is 5.32. The molecule has 4 rings (SSSR count). The number of aliphatic carboxylic acids is 1. The quantitative estimate of drug-likeness (QED) is 0.479. The minimum absolute atomic E-state index is 0.0228. The number of amides is 1. The Labute approximate surface area is 205 Å². The van der Waals surface area contributed by atoms with Crippen LogP contribution in [0, 0.1) is 0 Å². The number of hydrogen-bond acceptors (Lipinski definition) is 6. The fourth-order valence-corrected chi connectivity index (χ4v) is 4.88. The van der Waals surface area contributed by atoms with Gasteiger partial charge in [0.15, 0.2) is 0 Å². The molecule has 2 aliphatic rings. The summed E-state index contributed by atoms with van der Waals surface area (Å²) in [7, 11) is 0. The molecule has 0 unspecified atom stereocenters. The highest BCUT2D eigenvalue weighted by molar-refractivity contribution is 6.01. The molecule has 0 spiro atoms. The van der Waals surface area contributed by atoms with Crippen molar-refractivity contribution in [2.45, 2.75) is 57.2 Å². The van der Waals surface area contributed by atoms with Gasteiger partial charge >= 0.3 is 18.0 Å². The van der Waals surface area contributed by atoms with Gasteiger partial charge in [0.1, 0.15) is 12.2 Å². The second kappa shape index (κ2) is 10.1. The van der Waals surface area contributed by atoms with Gasteiger partial charge in [-0.1, -0.05) is 48.5 Å². The van der Waals surface area contributed by atoms with Crippen LogP contribution in [-0.2, 0) is 19.1 Å². The Bertz CT molecular complexity index is 1060. The van der Waals surface area contributed by atoms with Crippen LogP contribution in [0.4, 0.5) is 4.79 Å². The highest BCUT2D eigenvalue weighted by Crippen LogP contribution is 2.44. The number of nitrogens with one attached hydrogen (secondary N) is 1. The van der Waals surface area contributed by atoms with E-state index in [1.807, 2.05) is 48.5 Å². The number of benzene rings is 2. The monoisotopic (exact) mass is 480 g/mol. The molecule has 0 bridgehead atoms. The molecule has 1 aliphatic heterocycles. The Hall–Kier alpha value is -3.39. The molecule has 1 saturated heterocycles. The number of fused-ring (bicyclic) bond motifs is 3. The molecular formula is C27H32N2O6. The van der Waals surface area contributed by atoms with Crippen molar-refractivity contribution < 1.29 is 29.0 Å². The summed E-state index contributed by atoms with van der Waals surface area (Å²) in [6.45, 7) is 6.31. The van der Waals surface area contributed by atoms with E-state index in [2.05, 4.69) is 5.32 Å². The van der Waals surface area contributed by atoms with Crippen molar-refractivity contribution in [3.8, 4) is 11.1 Å². The Morgan fingerprint density at radius 3 is 2.06 bits per heavy atom. The third-order valence-corrected chi connectivity index (χ3v) is 6.40. The van der Waals surface area contributed by atoms with E-state index < -0.39 is 35.7 Å². The van der Waals surface area contributed by atoms with Gasteiger partial charge in [0.05, 0.1) is 0 Å². The van der Waals surface area contributed by atoms with Crippen LogP contribution in [0.2, 0.25) is 0 Å². The van der Waals surface area contributed by atoms with Crippen LogP contribution in [-0.4, -0.2) is 65.4 Å². The zero-order valence-electron chi connectivity index (χ0n) is 20.3. The van der Waals surface area contributed by atoms with Crippen molar-refractivity contribution >= 4 is 18.0 Å². The zero-order chi connectivity index (χ0) is 25.2. The lowest BCUT2D eigenvalue weighted by atomic mass is 9.98. The molecule has 1 amide bonds. The molecule has 1 atom stereocenters. The Balaban J connectivity index is 1.58. The van der Waals surface area contributed by atoms with Gasteiger partial charge in [-0.2, -0.15) is 0 Å². The van der Waals surface area contributed by atoms with E-state index in [1.54, 1.807) is 20.8 Å². The van der Waals surface area contributed by atoms with Gasteiger partial charge in [-0.25, -0.2) is 14.4 Å². The fourth-order valence-electron chi connectivity index (χ4n) is 4.88. The van der Waals surface area contributed by atoms with E-state index in [0.29, 0.717) is 25.9 Å². The summed E-state index contributed by atoms with van der Waals surface area (Å²) >= 11 is 0. The van der Waals surface area contributed by atoms with Crippen molar-refractivity contribution in [1.82, 2.24) is 10.2 Å². The van der Waals surface area contributed by atoms with Crippen LogP contribution in [0.3, 0.4) is 0 Å². The van der Waals surface area contributed by atoms with Gasteiger partial charge in [0.25, 0.3) is 0 Å². The number of esters is 1. The van der Waals surface area contributed by atoms with Crippen molar-refractivity contribution in [1.29, 1.82) is 0 Å². The molecule has 8 nitrogen and oxygen atoms in total. The topological polar surface area (TPSA) is 105 Å². The van der Waals surface area contributed by atoms with E-state index in [0.717, 1.165) is 27.2 Å². The maximum Gasteiger partial charge on any atom is 0.411 e. The highest BCUT2D eigenvalue weighted by atomic mass is 16.6. The first-order valence-corrected chi connectivity index (χ1v) is 12.0. The first-order valence-electron chi connectivity index (χ1n) is 12.0. The zero-order valence-corrected chi connectivity index (χ0v) is 20.3. The molecule has 1 fully saturated rings. The van der Waals surface area contributed by atoms with Crippen LogP contribution < -0.4 is 5.32 Å². The molecule has 1 heterocycles. The number of carboxylic acids is 1. The van der Waals surface area contributed by atoms with Gasteiger partial charge in [-0.3, -0.25) is 4.90 Å². The number of nitrogens with zero attached hydrogens (tertiary/aromatic N) is 1. The Kier molecular flexibility index (Phi) is 7.12. The van der Waals surface area contributed by atoms with Crippen LogP contribution in [0.5, 0.6) is 0 Å². The number of carbonyl (C=O) groups is 3. The molecule has 1 aliphatic carbocycles. The lowest BCUT2D eigenvalue weighted by molar-refractivity contribution is -0.162. The predicted octanol–water partition coefficient (Wildman–Crippen LogP) is 3.78. The fraction of sp³-hybridized carbons (Fsp3) is 0.444. The summed E-state index contributed by atoms with van der Waals surface area (Å²) < 4.78 is 11.1. The molecular weight excluding hydrogens is 448 g/mol. The minimum atomic E-state index is -1.79. The van der Waals surface area contributed by atoms with Crippen LogP contribution in [0.15, 0.2) is 48.5 Å². The second-order valence-corrected chi connectivity index (χ2v) is 9.97. The van der Waals surface area contributed by atoms with Gasteiger partial charge in [0, 0.05) is 12.0 Å². The van der Waals surface area contributed by atoms with Crippen LogP contribution in [0.1, 0.15) is 50.7 Å². The summed E-state index contributed by atoms with van der Waals surface area (Å²) in [4.78, 5) is 39.7. The molecule has 2 aromatic rings. The van der Waals surface area contributed by atoms with Gasteiger partial charge < -0.3 is 19.9 Å². The standard InChI is InChI=1S/C27H32N2O6/c1-27(2,3)35-26(33)29(17-12-14-28-15-13-17)23(24(30)31)25(32)34-16-22-20-10-6-4-8-18(20)19-9-5-7-11-21(19)22/h4-11,17,22-23,28H,12-16H2,1-3H3,(H,30,31)/t23-/m1/s1. The van der Waals surface area contributed by atoms with E-state index in [1.165, 1.54) is 0 Å². The number of carbonyl (C=O) groups excluding carboxylic acids is 2. The first-order chi connectivity index (χ1) is 16.7. The highest BCUT2D eigenvalue weighted by Gasteiger charge is 2.44. The molecule has 186 valence electrons. The van der Waals surface area contributed by atoms with E-state index in [9.17, 15) is 19.5 Å². The van der Waals surface area contributed by atoms with Crippen LogP contribution >= 0.6 is 0 Å². The summed E-state index contributed by atoms with van der Waals surface area (Å²) in [5, 5.41) is 13.2. The van der Waals surface area contributed by atoms with Gasteiger partial charge in [0.2, 0.25) is 6.04 Å². The number of ether oxygens (including phenoxy) is 2. The number of rotatable bonds is 6. The van der Waals surface area contributed by atoms with Gasteiger partial charge in [-0.05, 0) is 69.0 Å². The summed E-state index contributed by atoms with van der Waals surface area (Å²) in [5.74, 6) is -2.62. The van der Waals surface area contributed by atoms with Crippen molar-refractivity contribution in [3.05, 3.63) is 59.7 Å².